The maximum Gasteiger partial charge on any atom is 0.0643 e. The molecule has 0 amide bonds. The van der Waals surface area contributed by atoms with Gasteiger partial charge in [-0.15, -0.1) is 0 Å². The SMILES string of the molecule is CCc1cccc(C(NN)C2(N(C)C)CCC(C)CC2)c1. The molecule has 0 saturated heterocycles. The third-order valence-electron chi connectivity index (χ3n) is 5.43. The van der Waals surface area contributed by atoms with E-state index in [1.54, 1.807) is 0 Å². The number of rotatable bonds is 5. The van der Waals surface area contributed by atoms with Crippen molar-refractivity contribution in [3.05, 3.63) is 35.4 Å². The van der Waals surface area contributed by atoms with Gasteiger partial charge in [-0.1, -0.05) is 38.1 Å². The number of likely N-dealkylation sites (N-methyl/N-ethyl adjacent to an activating group) is 1. The van der Waals surface area contributed by atoms with Gasteiger partial charge >= 0.3 is 0 Å². The second kappa shape index (κ2) is 6.91. The van der Waals surface area contributed by atoms with Crippen LogP contribution in [0.25, 0.3) is 0 Å². The van der Waals surface area contributed by atoms with Gasteiger partial charge < -0.3 is 4.90 Å². The van der Waals surface area contributed by atoms with Crippen molar-refractivity contribution in [3.63, 3.8) is 0 Å². The van der Waals surface area contributed by atoms with Crippen molar-refractivity contribution < 1.29 is 0 Å². The first-order chi connectivity index (χ1) is 10.0. The fraction of sp³-hybridized carbons (Fsp3) is 0.667. The van der Waals surface area contributed by atoms with Crippen molar-refractivity contribution in [2.45, 2.75) is 57.5 Å². The van der Waals surface area contributed by atoms with Gasteiger partial charge in [0, 0.05) is 5.54 Å². The van der Waals surface area contributed by atoms with Crippen LogP contribution in [0.15, 0.2) is 24.3 Å². The molecule has 0 aromatic heterocycles. The molecule has 1 atom stereocenters. The fourth-order valence-electron chi connectivity index (χ4n) is 3.81. The van der Waals surface area contributed by atoms with Crippen molar-refractivity contribution >= 4 is 0 Å². The highest BCUT2D eigenvalue weighted by Crippen LogP contribution is 2.43. The summed E-state index contributed by atoms with van der Waals surface area (Å²) in [5, 5.41) is 0. The normalized spacial score (nSPS) is 27.8. The molecule has 0 radical (unpaired) electrons. The molecule has 1 aromatic carbocycles. The molecule has 3 heteroatoms. The van der Waals surface area contributed by atoms with Gasteiger partial charge in [0.25, 0.3) is 0 Å². The van der Waals surface area contributed by atoms with Crippen LogP contribution in [0.3, 0.4) is 0 Å². The van der Waals surface area contributed by atoms with Gasteiger partial charge in [0.05, 0.1) is 6.04 Å². The molecular weight excluding hydrogens is 258 g/mol. The Morgan fingerprint density at radius 1 is 1.33 bits per heavy atom. The van der Waals surface area contributed by atoms with E-state index >= 15 is 0 Å². The molecule has 0 spiro atoms. The minimum Gasteiger partial charge on any atom is -0.302 e. The molecule has 118 valence electrons. The Morgan fingerprint density at radius 3 is 2.52 bits per heavy atom. The third-order valence-corrected chi connectivity index (χ3v) is 5.43. The van der Waals surface area contributed by atoms with E-state index in [1.807, 2.05) is 0 Å². The highest BCUT2D eigenvalue weighted by molar-refractivity contribution is 5.29. The van der Waals surface area contributed by atoms with Gasteiger partial charge in [-0.05, 0) is 63.2 Å². The van der Waals surface area contributed by atoms with Gasteiger partial charge in [-0.3, -0.25) is 11.3 Å². The second-order valence-corrected chi connectivity index (χ2v) is 6.88. The molecule has 3 N–H and O–H groups in total. The summed E-state index contributed by atoms with van der Waals surface area (Å²) in [6, 6.07) is 9.07. The Morgan fingerprint density at radius 2 is 2.00 bits per heavy atom. The maximum absolute atomic E-state index is 6.01. The van der Waals surface area contributed by atoms with Crippen LogP contribution in [0.5, 0.6) is 0 Å². The maximum atomic E-state index is 6.01. The summed E-state index contributed by atoms with van der Waals surface area (Å²) in [5.41, 5.74) is 5.95. The lowest BCUT2D eigenvalue weighted by Crippen LogP contribution is -2.56. The monoisotopic (exact) mass is 289 g/mol. The zero-order chi connectivity index (χ0) is 15.5. The van der Waals surface area contributed by atoms with Crippen molar-refractivity contribution in [1.82, 2.24) is 10.3 Å². The predicted molar refractivity (Wildman–Crippen MR) is 89.9 cm³/mol. The number of hydrazine groups is 1. The number of nitrogens with two attached hydrogens (primary N) is 1. The molecule has 0 aliphatic heterocycles. The molecular formula is C18H31N3. The molecule has 1 unspecified atom stereocenters. The Bertz CT molecular complexity index is 448. The zero-order valence-electron chi connectivity index (χ0n) is 14.0. The van der Waals surface area contributed by atoms with Crippen LogP contribution in [0.2, 0.25) is 0 Å². The summed E-state index contributed by atoms with van der Waals surface area (Å²) in [6.45, 7) is 4.57. The number of hydrogen-bond donors (Lipinski definition) is 2. The van der Waals surface area contributed by atoms with Crippen molar-refractivity contribution in [1.29, 1.82) is 0 Å². The fourth-order valence-corrected chi connectivity index (χ4v) is 3.81. The first-order valence-corrected chi connectivity index (χ1v) is 8.26. The topological polar surface area (TPSA) is 41.3 Å². The number of nitrogens with one attached hydrogen (secondary N) is 1. The van der Waals surface area contributed by atoms with Gasteiger partial charge in [0.1, 0.15) is 0 Å². The Hall–Kier alpha value is -0.900. The van der Waals surface area contributed by atoms with Crippen LogP contribution in [0, 0.1) is 5.92 Å². The quantitative estimate of drug-likeness (QED) is 0.646. The Kier molecular flexibility index (Phi) is 5.42. The molecule has 3 nitrogen and oxygen atoms in total. The van der Waals surface area contributed by atoms with Crippen LogP contribution in [0.1, 0.15) is 56.7 Å². The van der Waals surface area contributed by atoms with E-state index in [1.165, 1.54) is 36.8 Å². The van der Waals surface area contributed by atoms with Crippen molar-refractivity contribution in [3.8, 4) is 0 Å². The molecule has 21 heavy (non-hydrogen) atoms. The minimum atomic E-state index is 0.119. The highest BCUT2D eigenvalue weighted by atomic mass is 15.3. The summed E-state index contributed by atoms with van der Waals surface area (Å²) in [6.07, 6.45) is 6.03. The highest BCUT2D eigenvalue weighted by Gasteiger charge is 2.43. The van der Waals surface area contributed by atoms with Crippen LogP contribution in [0.4, 0.5) is 0 Å². The minimum absolute atomic E-state index is 0.119. The summed E-state index contributed by atoms with van der Waals surface area (Å²) in [5.74, 6) is 6.84. The largest absolute Gasteiger partial charge is 0.302 e. The number of aryl methyl sites for hydroxylation is 1. The number of nitrogens with zero attached hydrogens (tertiary/aromatic N) is 1. The third kappa shape index (κ3) is 3.31. The first-order valence-electron chi connectivity index (χ1n) is 8.26. The smallest absolute Gasteiger partial charge is 0.0643 e. The average molecular weight is 289 g/mol. The van der Waals surface area contributed by atoms with E-state index in [-0.39, 0.29) is 11.6 Å². The predicted octanol–water partition coefficient (Wildman–Crippen LogP) is 3.26. The van der Waals surface area contributed by atoms with Crippen LogP contribution >= 0.6 is 0 Å². The Balaban J connectivity index is 2.35. The molecule has 0 bridgehead atoms. The molecule has 2 rings (SSSR count). The number of hydrogen-bond acceptors (Lipinski definition) is 3. The van der Waals surface area contributed by atoms with Crippen LogP contribution < -0.4 is 11.3 Å². The van der Waals surface area contributed by atoms with Gasteiger partial charge in [0.2, 0.25) is 0 Å². The van der Waals surface area contributed by atoms with Crippen LogP contribution in [-0.4, -0.2) is 24.5 Å². The lowest BCUT2D eigenvalue weighted by Gasteiger charge is -2.49. The van der Waals surface area contributed by atoms with Crippen molar-refractivity contribution in [2.75, 3.05) is 14.1 Å². The van der Waals surface area contributed by atoms with E-state index in [4.69, 9.17) is 5.84 Å². The zero-order valence-corrected chi connectivity index (χ0v) is 14.0. The summed E-state index contributed by atoms with van der Waals surface area (Å²) < 4.78 is 0. The molecule has 1 aliphatic carbocycles. The molecule has 1 saturated carbocycles. The summed E-state index contributed by atoms with van der Waals surface area (Å²) in [7, 11) is 4.40. The van der Waals surface area contributed by atoms with Gasteiger partial charge in [-0.25, -0.2) is 0 Å². The number of benzene rings is 1. The lowest BCUT2D eigenvalue weighted by atomic mass is 9.70. The van der Waals surface area contributed by atoms with Gasteiger partial charge in [0.15, 0.2) is 0 Å². The first kappa shape index (κ1) is 16.5. The van der Waals surface area contributed by atoms with Gasteiger partial charge in [-0.2, -0.15) is 0 Å². The van der Waals surface area contributed by atoms with Crippen molar-refractivity contribution in [2.24, 2.45) is 11.8 Å². The summed E-state index contributed by atoms with van der Waals surface area (Å²) in [4.78, 5) is 2.39. The van der Waals surface area contributed by atoms with E-state index in [9.17, 15) is 0 Å². The second-order valence-electron chi connectivity index (χ2n) is 6.88. The average Bonchev–Trinajstić information content (AvgIpc) is 2.50. The molecule has 1 aliphatic rings. The van der Waals surface area contributed by atoms with E-state index in [0.29, 0.717) is 0 Å². The molecule has 1 fully saturated rings. The van der Waals surface area contributed by atoms with Crippen LogP contribution in [-0.2, 0) is 6.42 Å². The van der Waals surface area contributed by atoms with E-state index < -0.39 is 0 Å². The molecule has 1 aromatic rings. The standard InChI is InChI=1S/C18H31N3/c1-5-15-7-6-8-16(13-15)17(20-19)18(21(3)4)11-9-14(2)10-12-18/h6-8,13-14,17,20H,5,9-12,19H2,1-4H3. The molecule has 0 heterocycles. The van der Waals surface area contributed by atoms with E-state index in [0.717, 1.165) is 12.3 Å². The lowest BCUT2D eigenvalue weighted by molar-refractivity contribution is 0.0428. The summed E-state index contributed by atoms with van der Waals surface area (Å²) >= 11 is 0. The Labute approximate surface area is 129 Å². The van der Waals surface area contributed by atoms with E-state index in [2.05, 4.69) is 62.5 Å².